The summed E-state index contributed by atoms with van der Waals surface area (Å²) in [6, 6.07) is 21.2. The second-order valence-electron chi connectivity index (χ2n) is 4.56. The normalized spacial score (nSPS) is 11.2. The van der Waals surface area contributed by atoms with Gasteiger partial charge >= 0.3 is 7.12 Å². The lowest BCUT2D eigenvalue weighted by Crippen LogP contribution is -2.31. The van der Waals surface area contributed by atoms with Gasteiger partial charge in [0.1, 0.15) is 11.5 Å². The minimum absolute atomic E-state index is 0.132. The van der Waals surface area contributed by atoms with Crippen LogP contribution in [-0.4, -0.2) is 7.12 Å². The number of para-hydroxylation sites is 2. The third kappa shape index (κ3) is 4.36. The third-order valence-electron chi connectivity index (χ3n) is 2.79. The molecule has 0 aliphatic rings. The monoisotopic (exact) mass is 265 g/mol. The summed E-state index contributed by atoms with van der Waals surface area (Å²) in [4.78, 5) is 0. The molecule has 0 fully saturated rings. The highest BCUT2D eigenvalue weighted by Crippen LogP contribution is 2.18. The lowest BCUT2D eigenvalue weighted by molar-refractivity contribution is 0.414. The largest absolute Gasteiger partial charge is 0.595 e. The second kappa shape index (κ2) is 7.25. The van der Waals surface area contributed by atoms with Crippen LogP contribution in [0, 0.1) is 17.2 Å². The van der Waals surface area contributed by atoms with Crippen LogP contribution in [0.15, 0.2) is 60.7 Å². The summed E-state index contributed by atoms with van der Waals surface area (Å²) in [5.74, 6) is 1.34. The Hall–Kier alpha value is -2.41. The Bertz CT molecular complexity index is 512. The molecule has 1 unspecified atom stereocenters. The Morgan fingerprint density at radius 2 is 1.40 bits per heavy atom. The van der Waals surface area contributed by atoms with E-state index in [-0.39, 0.29) is 5.92 Å². The van der Waals surface area contributed by atoms with Crippen molar-refractivity contribution in [3.63, 3.8) is 0 Å². The van der Waals surface area contributed by atoms with Gasteiger partial charge in [0.15, 0.2) is 0 Å². The molecule has 100 valence electrons. The van der Waals surface area contributed by atoms with Crippen molar-refractivity contribution in [1.29, 1.82) is 5.26 Å². The zero-order valence-electron chi connectivity index (χ0n) is 11.4. The summed E-state index contributed by atoms with van der Waals surface area (Å²) in [6.07, 6.45) is 0.514. The molecule has 1 atom stereocenters. The number of hydrogen-bond donors (Lipinski definition) is 0. The summed E-state index contributed by atoms with van der Waals surface area (Å²) in [5.41, 5.74) is 0. The zero-order chi connectivity index (χ0) is 14.2. The Morgan fingerprint density at radius 3 is 1.80 bits per heavy atom. The molecular formula is C16H16BNO2. The van der Waals surface area contributed by atoms with E-state index >= 15 is 0 Å². The molecule has 0 radical (unpaired) electrons. The van der Waals surface area contributed by atoms with Crippen LogP contribution in [0.5, 0.6) is 11.5 Å². The highest BCUT2D eigenvalue weighted by molar-refractivity contribution is 6.46. The summed E-state index contributed by atoms with van der Waals surface area (Å²) in [5, 5.41) is 8.95. The van der Waals surface area contributed by atoms with E-state index < -0.39 is 7.12 Å². The van der Waals surface area contributed by atoms with Gasteiger partial charge in [-0.25, -0.2) is 0 Å². The first kappa shape index (κ1) is 14.0. The summed E-state index contributed by atoms with van der Waals surface area (Å²) < 4.78 is 11.6. The van der Waals surface area contributed by atoms with Crippen LogP contribution in [0.1, 0.15) is 6.92 Å². The van der Waals surface area contributed by atoms with Crippen molar-refractivity contribution < 1.29 is 9.31 Å². The highest BCUT2D eigenvalue weighted by Gasteiger charge is 2.26. The van der Waals surface area contributed by atoms with Crippen LogP contribution >= 0.6 is 0 Å². The summed E-state index contributed by atoms with van der Waals surface area (Å²) in [6.45, 7) is 1.86. The van der Waals surface area contributed by atoms with Gasteiger partial charge in [0.05, 0.1) is 6.07 Å². The van der Waals surface area contributed by atoms with Crippen LogP contribution in [-0.2, 0) is 0 Å². The summed E-state index contributed by atoms with van der Waals surface area (Å²) in [7, 11) is -0.477. The topological polar surface area (TPSA) is 42.2 Å². The molecule has 0 saturated carbocycles. The van der Waals surface area contributed by atoms with Gasteiger partial charge in [-0.05, 0) is 31.2 Å². The first-order valence-electron chi connectivity index (χ1n) is 6.61. The fourth-order valence-electron chi connectivity index (χ4n) is 1.76. The van der Waals surface area contributed by atoms with Crippen LogP contribution < -0.4 is 9.31 Å². The highest BCUT2D eigenvalue weighted by atomic mass is 16.6. The van der Waals surface area contributed by atoms with Crippen LogP contribution in [0.3, 0.4) is 0 Å². The Labute approximate surface area is 119 Å². The van der Waals surface area contributed by atoms with Gasteiger partial charge in [0, 0.05) is 12.2 Å². The molecule has 2 rings (SSSR count). The van der Waals surface area contributed by atoms with E-state index in [0.717, 1.165) is 11.5 Å². The van der Waals surface area contributed by atoms with Crippen LogP contribution in [0.4, 0.5) is 0 Å². The SMILES string of the molecule is CC(C#N)CB(Oc1ccccc1)Oc1ccccc1. The molecule has 0 heterocycles. The number of nitriles is 1. The maximum Gasteiger partial charge on any atom is 0.595 e. The molecular weight excluding hydrogens is 249 g/mol. The molecule has 0 saturated heterocycles. The van der Waals surface area contributed by atoms with Crippen molar-refractivity contribution in [2.75, 3.05) is 0 Å². The van der Waals surface area contributed by atoms with Crippen molar-refractivity contribution >= 4 is 7.12 Å². The number of benzene rings is 2. The molecule has 0 amide bonds. The van der Waals surface area contributed by atoms with Crippen molar-refractivity contribution in [3.8, 4) is 17.6 Å². The molecule has 20 heavy (non-hydrogen) atoms. The van der Waals surface area contributed by atoms with E-state index in [1.807, 2.05) is 67.6 Å². The molecule has 2 aromatic carbocycles. The van der Waals surface area contributed by atoms with E-state index in [4.69, 9.17) is 14.6 Å². The Balaban J connectivity index is 2.06. The van der Waals surface area contributed by atoms with Crippen LogP contribution in [0.25, 0.3) is 0 Å². The summed E-state index contributed by atoms with van der Waals surface area (Å²) >= 11 is 0. The van der Waals surface area contributed by atoms with Crippen molar-refractivity contribution in [2.45, 2.75) is 13.2 Å². The van der Waals surface area contributed by atoms with Crippen molar-refractivity contribution in [1.82, 2.24) is 0 Å². The van der Waals surface area contributed by atoms with Gasteiger partial charge in [-0.3, -0.25) is 0 Å². The lowest BCUT2D eigenvalue weighted by atomic mass is 9.78. The zero-order valence-corrected chi connectivity index (χ0v) is 11.4. The van der Waals surface area contributed by atoms with Crippen LogP contribution in [0.2, 0.25) is 6.32 Å². The molecule has 2 aromatic rings. The molecule has 0 bridgehead atoms. The third-order valence-corrected chi connectivity index (χ3v) is 2.79. The molecule has 3 nitrogen and oxygen atoms in total. The number of rotatable bonds is 6. The minimum atomic E-state index is -0.477. The van der Waals surface area contributed by atoms with Gasteiger partial charge in [-0.2, -0.15) is 5.26 Å². The average molecular weight is 265 g/mol. The fraction of sp³-hybridized carbons (Fsp3) is 0.188. The number of hydrogen-bond acceptors (Lipinski definition) is 3. The molecule has 0 N–H and O–H groups in total. The van der Waals surface area contributed by atoms with Crippen molar-refractivity contribution in [2.24, 2.45) is 5.92 Å². The minimum Gasteiger partial charge on any atom is -0.526 e. The predicted molar refractivity (Wildman–Crippen MR) is 79.5 cm³/mol. The van der Waals surface area contributed by atoms with Gasteiger partial charge in [0.25, 0.3) is 0 Å². The second-order valence-corrected chi connectivity index (χ2v) is 4.56. The van der Waals surface area contributed by atoms with E-state index in [9.17, 15) is 0 Å². The maximum absolute atomic E-state index is 8.95. The van der Waals surface area contributed by atoms with Gasteiger partial charge < -0.3 is 9.31 Å². The lowest BCUT2D eigenvalue weighted by Gasteiger charge is -2.17. The standard InChI is InChI=1S/C16H16BNO2/c1-14(13-18)12-17(19-15-8-4-2-5-9-15)20-16-10-6-3-7-11-16/h2-11,14H,12H2,1H3. The predicted octanol–water partition coefficient (Wildman–Crippen LogP) is 3.79. The van der Waals surface area contributed by atoms with Gasteiger partial charge in [-0.1, -0.05) is 36.4 Å². The first-order chi connectivity index (χ1) is 9.78. The molecule has 0 spiro atoms. The molecule has 0 aliphatic carbocycles. The Morgan fingerprint density at radius 1 is 0.950 bits per heavy atom. The quantitative estimate of drug-likeness (QED) is 0.746. The van der Waals surface area contributed by atoms with Crippen molar-refractivity contribution in [3.05, 3.63) is 60.7 Å². The molecule has 4 heteroatoms. The Kier molecular flexibility index (Phi) is 5.08. The smallest absolute Gasteiger partial charge is 0.526 e. The first-order valence-corrected chi connectivity index (χ1v) is 6.61. The van der Waals surface area contributed by atoms with Gasteiger partial charge in [-0.15, -0.1) is 0 Å². The average Bonchev–Trinajstić information content (AvgIpc) is 2.49. The maximum atomic E-state index is 8.95. The molecule has 0 aliphatic heterocycles. The number of nitrogens with zero attached hydrogens (tertiary/aromatic N) is 1. The van der Waals surface area contributed by atoms with Gasteiger partial charge in [0.2, 0.25) is 0 Å². The molecule has 0 aromatic heterocycles. The van der Waals surface area contributed by atoms with E-state index in [1.165, 1.54) is 0 Å². The van der Waals surface area contributed by atoms with E-state index in [2.05, 4.69) is 6.07 Å². The fourth-order valence-corrected chi connectivity index (χ4v) is 1.76. The van der Waals surface area contributed by atoms with E-state index in [0.29, 0.717) is 6.32 Å². The van der Waals surface area contributed by atoms with E-state index in [1.54, 1.807) is 0 Å².